The quantitative estimate of drug-likeness (QED) is 0.713. The smallest absolute Gasteiger partial charge is 0.227 e. The van der Waals surface area contributed by atoms with E-state index in [0.717, 1.165) is 22.5 Å². The summed E-state index contributed by atoms with van der Waals surface area (Å²) in [6.07, 6.45) is 1.77. The van der Waals surface area contributed by atoms with Gasteiger partial charge in [0.05, 0.1) is 0 Å². The molecule has 1 heterocycles. The minimum atomic E-state index is 0.691. The lowest BCUT2D eigenvalue weighted by atomic mass is 10.2. The summed E-state index contributed by atoms with van der Waals surface area (Å²) in [7, 11) is 1.99. The Morgan fingerprint density at radius 2 is 1.74 bits per heavy atom. The Kier molecular flexibility index (Phi) is 4.88. The Balaban J connectivity index is 1.72. The summed E-state index contributed by atoms with van der Waals surface area (Å²) < 4.78 is 1.05. The Morgan fingerprint density at radius 1 is 1.00 bits per heavy atom. The van der Waals surface area contributed by atoms with Gasteiger partial charge in [0.1, 0.15) is 5.82 Å². The minimum absolute atomic E-state index is 0.691. The van der Waals surface area contributed by atoms with Crippen LogP contribution in [0.25, 0.3) is 0 Å². The van der Waals surface area contributed by atoms with E-state index in [-0.39, 0.29) is 0 Å². The number of rotatable bonds is 5. The molecule has 0 spiro atoms. The summed E-state index contributed by atoms with van der Waals surface area (Å²) in [5.74, 6) is 1.47. The molecule has 1 N–H and O–H groups in total. The normalized spacial score (nSPS) is 10.3. The van der Waals surface area contributed by atoms with Crippen molar-refractivity contribution in [3.05, 3.63) is 76.9 Å². The van der Waals surface area contributed by atoms with Crippen molar-refractivity contribution in [2.75, 3.05) is 17.3 Å². The molecule has 3 rings (SSSR count). The van der Waals surface area contributed by atoms with Crippen LogP contribution in [0.3, 0.4) is 0 Å². The SMILES string of the molecule is CN(Cc1ccccc1)c1nccc(Nc2ccc(Br)cc2)n1. The topological polar surface area (TPSA) is 41.1 Å². The second-order valence-electron chi connectivity index (χ2n) is 5.22. The maximum Gasteiger partial charge on any atom is 0.227 e. The molecule has 0 radical (unpaired) electrons. The Hall–Kier alpha value is -2.40. The van der Waals surface area contributed by atoms with Gasteiger partial charge in [-0.2, -0.15) is 4.98 Å². The first kappa shape index (κ1) is 15.5. The van der Waals surface area contributed by atoms with Crippen molar-refractivity contribution >= 4 is 33.4 Å². The number of aromatic nitrogens is 2. The number of anilines is 3. The highest BCUT2D eigenvalue weighted by Crippen LogP contribution is 2.19. The van der Waals surface area contributed by atoms with Gasteiger partial charge >= 0.3 is 0 Å². The number of halogens is 1. The Morgan fingerprint density at radius 3 is 2.48 bits per heavy atom. The van der Waals surface area contributed by atoms with E-state index in [1.54, 1.807) is 6.20 Å². The highest BCUT2D eigenvalue weighted by atomic mass is 79.9. The minimum Gasteiger partial charge on any atom is -0.340 e. The maximum absolute atomic E-state index is 4.58. The van der Waals surface area contributed by atoms with Crippen LogP contribution in [0, 0.1) is 0 Å². The first-order valence-electron chi connectivity index (χ1n) is 7.31. The van der Waals surface area contributed by atoms with Crippen molar-refractivity contribution in [1.29, 1.82) is 0 Å². The van der Waals surface area contributed by atoms with Crippen LogP contribution < -0.4 is 10.2 Å². The lowest BCUT2D eigenvalue weighted by Gasteiger charge is -2.17. The molecular formula is C18H17BrN4. The molecule has 1 aromatic heterocycles. The van der Waals surface area contributed by atoms with Gasteiger partial charge in [0.25, 0.3) is 0 Å². The fourth-order valence-electron chi connectivity index (χ4n) is 2.21. The largest absolute Gasteiger partial charge is 0.340 e. The maximum atomic E-state index is 4.58. The number of hydrogen-bond acceptors (Lipinski definition) is 4. The predicted molar refractivity (Wildman–Crippen MR) is 98.0 cm³/mol. The summed E-state index contributed by atoms with van der Waals surface area (Å²) >= 11 is 3.43. The molecule has 0 aliphatic heterocycles. The van der Waals surface area contributed by atoms with Crippen molar-refractivity contribution in [2.45, 2.75) is 6.54 Å². The summed E-state index contributed by atoms with van der Waals surface area (Å²) in [5.41, 5.74) is 2.22. The first-order valence-corrected chi connectivity index (χ1v) is 8.11. The van der Waals surface area contributed by atoms with Crippen molar-refractivity contribution in [3.63, 3.8) is 0 Å². The molecule has 4 nitrogen and oxygen atoms in total. The molecule has 0 fully saturated rings. The lowest BCUT2D eigenvalue weighted by molar-refractivity contribution is 0.868. The molecule has 0 saturated carbocycles. The molecular weight excluding hydrogens is 352 g/mol. The van der Waals surface area contributed by atoms with E-state index in [0.29, 0.717) is 5.95 Å². The summed E-state index contributed by atoms with van der Waals surface area (Å²) in [4.78, 5) is 11.0. The van der Waals surface area contributed by atoms with Gasteiger partial charge in [-0.3, -0.25) is 0 Å². The van der Waals surface area contributed by atoms with Gasteiger partial charge in [0.2, 0.25) is 5.95 Å². The van der Waals surface area contributed by atoms with E-state index >= 15 is 0 Å². The summed E-state index contributed by atoms with van der Waals surface area (Å²) in [6, 6.07) is 20.1. The Labute approximate surface area is 144 Å². The van der Waals surface area contributed by atoms with Crippen LogP contribution in [0.1, 0.15) is 5.56 Å². The predicted octanol–water partition coefficient (Wildman–Crippen LogP) is 4.62. The molecule has 0 unspecified atom stereocenters. The summed E-state index contributed by atoms with van der Waals surface area (Å²) in [5, 5.41) is 3.29. The molecule has 23 heavy (non-hydrogen) atoms. The van der Waals surface area contributed by atoms with Crippen LogP contribution in [-0.2, 0) is 6.54 Å². The zero-order chi connectivity index (χ0) is 16.1. The van der Waals surface area contributed by atoms with E-state index in [1.165, 1.54) is 5.56 Å². The second-order valence-corrected chi connectivity index (χ2v) is 6.13. The Bertz CT molecular complexity index is 759. The number of nitrogens with one attached hydrogen (secondary N) is 1. The molecule has 5 heteroatoms. The van der Waals surface area contributed by atoms with E-state index in [2.05, 4.69) is 43.3 Å². The van der Waals surface area contributed by atoms with E-state index in [9.17, 15) is 0 Å². The van der Waals surface area contributed by atoms with E-state index < -0.39 is 0 Å². The average Bonchev–Trinajstić information content (AvgIpc) is 2.58. The van der Waals surface area contributed by atoms with Crippen molar-refractivity contribution in [1.82, 2.24) is 9.97 Å². The third-order valence-corrected chi connectivity index (χ3v) is 3.89. The van der Waals surface area contributed by atoms with Crippen LogP contribution in [0.2, 0.25) is 0 Å². The van der Waals surface area contributed by atoms with Crippen molar-refractivity contribution in [2.24, 2.45) is 0 Å². The van der Waals surface area contributed by atoms with Gasteiger partial charge in [-0.15, -0.1) is 0 Å². The first-order chi connectivity index (χ1) is 11.2. The molecule has 0 saturated heterocycles. The van der Waals surface area contributed by atoms with Crippen LogP contribution in [0.5, 0.6) is 0 Å². The van der Waals surface area contributed by atoms with Gasteiger partial charge in [-0.1, -0.05) is 46.3 Å². The zero-order valence-corrected chi connectivity index (χ0v) is 14.4. The van der Waals surface area contributed by atoms with Crippen LogP contribution in [-0.4, -0.2) is 17.0 Å². The number of nitrogens with zero attached hydrogens (tertiary/aromatic N) is 3. The molecule has 0 amide bonds. The van der Waals surface area contributed by atoms with Crippen LogP contribution in [0.15, 0.2) is 71.3 Å². The molecule has 3 aromatic rings. The van der Waals surface area contributed by atoms with Gasteiger partial charge < -0.3 is 10.2 Å². The fraction of sp³-hybridized carbons (Fsp3) is 0.111. The standard InChI is InChI=1S/C18H17BrN4/c1-23(13-14-5-3-2-4-6-14)18-20-12-11-17(22-18)21-16-9-7-15(19)8-10-16/h2-12H,13H2,1H3,(H,20,21,22). The van der Waals surface area contributed by atoms with Crippen LogP contribution in [0.4, 0.5) is 17.5 Å². The molecule has 0 aliphatic carbocycles. The fourth-order valence-corrected chi connectivity index (χ4v) is 2.48. The second kappa shape index (κ2) is 7.24. The van der Waals surface area contributed by atoms with E-state index in [1.807, 2.05) is 60.5 Å². The number of hydrogen-bond donors (Lipinski definition) is 1. The van der Waals surface area contributed by atoms with E-state index in [4.69, 9.17) is 0 Å². The molecule has 0 aliphatic rings. The van der Waals surface area contributed by atoms with Crippen molar-refractivity contribution in [3.8, 4) is 0 Å². The van der Waals surface area contributed by atoms with Gasteiger partial charge in [-0.25, -0.2) is 4.98 Å². The van der Waals surface area contributed by atoms with Crippen molar-refractivity contribution < 1.29 is 0 Å². The zero-order valence-electron chi connectivity index (χ0n) is 12.8. The lowest BCUT2D eigenvalue weighted by Crippen LogP contribution is -2.19. The highest BCUT2D eigenvalue weighted by Gasteiger charge is 2.06. The monoisotopic (exact) mass is 368 g/mol. The van der Waals surface area contributed by atoms with Gasteiger partial charge in [0.15, 0.2) is 0 Å². The third-order valence-electron chi connectivity index (χ3n) is 3.36. The molecule has 2 aromatic carbocycles. The van der Waals surface area contributed by atoms with Gasteiger partial charge in [-0.05, 0) is 35.9 Å². The van der Waals surface area contributed by atoms with Gasteiger partial charge in [0, 0.05) is 29.9 Å². The summed E-state index contributed by atoms with van der Waals surface area (Å²) in [6.45, 7) is 0.766. The average molecular weight is 369 g/mol. The molecule has 0 atom stereocenters. The molecule has 0 bridgehead atoms. The van der Waals surface area contributed by atoms with Crippen LogP contribution >= 0.6 is 15.9 Å². The number of benzene rings is 2. The highest BCUT2D eigenvalue weighted by molar-refractivity contribution is 9.10. The molecule has 116 valence electrons. The third kappa shape index (κ3) is 4.29.